The predicted molar refractivity (Wildman–Crippen MR) is 146 cm³/mol. The zero-order chi connectivity index (χ0) is 25.9. The second kappa shape index (κ2) is 11.3. The van der Waals surface area contributed by atoms with Gasteiger partial charge in [0.1, 0.15) is 18.1 Å². The van der Waals surface area contributed by atoms with Crippen LogP contribution in [0.25, 0.3) is 17.9 Å². The largest absolute Gasteiger partial charge is 0.506 e. The number of benzene rings is 1. The van der Waals surface area contributed by atoms with E-state index in [4.69, 9.17) is 21.4 Å². The quantitative estimate of drug-likeness (QED) is 0.201. The van der Waals surface area contributed by atoms with Crippen LogP contribution in [-0.2, 0) is 16.1 Å². The minimum absolute atomic E-state index is 0.0849. The molecule has 2 N–H and O–H groups in total. The Morgan fingerprint density at radius 1 is 1.00 bits per heavy atom. The predicted octanol–water partition coefficient (Wildman–Crippen LogP) is 6.96. The van der Waals surface area contributed by atoms with Crippen LogP contribution < -0.4 is 4.57 Å². The summed E-state index contributed by atoms with van der Waals surface area (Å²) in [7, 11) is 1.73. The Labute approximate surface area is 224 Å². The fourth-order valence-electron chi connectivity index (χ4n) is 7.00. The number of ether oxygens (including phenoxy) is 1. The van der Waals surface area contributed by atoms with Crippen molar-refractivity contribution in [2.75, 3.05) is 7.11 Å². The van der Waals surface area contributed by atoms with Gasteiger partial charge in [0.2, 0.25) is 0 Å². The van der Waals surface area contributed by atoms with Crippen LogP contribution in [0.3, 0.4) is 0 Å². The Morgan fingerprint density at radius 3 is 2.30 bits per heavy atom. The van der Waals surface area contributed by atoms with E-state index in [2.05, 4.69) is 4.57 Å². The van der Waals surface area contributed by atoms with Crippen LogP contribution in [0.4, 0.5) is 0 Å². The Balaban J connectivity index is 1.27. The molecule has 4 fully saturated rings. The van der Waals surface area contributed by atoms with Gasteiger partial charge >= 0.3 is 5.97 Å². The number of hydrogen-bond acceptors (Lipinski definition) is 3. The summed E-state index contributed by atoms with van der Waals surface area (Å²) in [6.07, 6.45) is 17.2. The van der Waals surface area contributed by atoms with Gasteiger partial charge in [-0.15, -0.1) is 0 Å². The Morgan fingerprint density at radius 2 is 1.68 bits per heavy atom. The fourth-order valence-corrected chi connectivity index (χ4v) is 7.26. The van der Waals surface area contributed by atoms with Gasteiger partial charge in [-0.2, -0.15) is 0 Å². The first-order chi connectivity index (χ1) is 17.9. The van der Waals surface area contributed by atoms with Crippen LogP contribution in [0.15, 0.2) is 42.2 Å². The topological polar surface area (TPSA) is 70.6 Å². The molecule has 6 rings (SSSR count). The lowest BCUT2D eigenvalue weighted by Gasteiger charge is -2.51. The molecule has 2 aromatic rings. The highest BCUT2D eigenvalue weighted by atomic mass is 35.5. The number of unbranched alkanes of at least 4 members (excludes halogenated alkanes) is 2. The zero-order valence-electron chi connectivity index (χ0n) is 21.5. The summed E-state index contributed by atoms with van der Waals surface area (Å²) in [5, 5.41) is 20.1. The molecule has 1 heterocycles. The lowest BCUT2D eigenvalue weighted by Crippen LogP contribution is -2.40. The standard InChI is InChI=1S/C31H36ClNO4/c1-37-31(28-24-16-21-15-22(18-24)19-25(28)17-21)26-9-8-23(30(36)29(26)32)7-6-20-10-13-33(14-11-20)12-4-2-3-5-27(34)35/h6-11,13-14,21-22,24-25H,2-5,12,15-19H2,1H3,(H,34,35)/p+1. The van der Waals surface area contributed by atoms with Gasteiger partial charge in [0.05, 0.1) is 12.1 Å². The molecular weight excluding hydrogens is 486 g/mol. The van der Waals surface area contributed by atoms with E-state index in [1.54, 1.807) is 7.11 Å². The van der Waals surface area contributed by atoms with Gasteiger partial charge in [-0.25, -0.2) is 4.57 Å². The number of phenolic OH excluding ortho intramolecular Hbond substituents is 1. The van der Waals surface area contributed by atoms with Crippen molar-refractivity contribution in [2.24, 2.45) is 23.7 Å². The maximum Gasteiger partial charge on any atom is 0.303 e. The molecule has 4 aliphatic carbocycles. The molecule has 0 aliphatic heterocycles. The summed E-state index contributed by atoms with van der Waals surface area (Å²) in [4.78, 5) is 10.6. The molecular formula is C31H37ClNO4+. The number of halogens is 1. The number of hydrogen-bond donors (Lipinski definition) is 2. The number of allylic oxidation sites excluding steroid dienone is 1. The number of carboxylic acid groups (broad SMARTS) is 1. The van der Waals surface area contributed by atoms with E-state index in [1.165, 1.54) is 37.7 Å². The third kappa shape index (κ3) is 5.72. The molecule has 0 atom stereocenters. The van der Waals surface area contributed by atoms with Crippen LogP contribution in [0.5, 0.6) is 5.75 Å². The number of aromatic nitrogens is 1. The van der Waals surface area contributed by atoms with E-state index in [1.807, 2.05) is 48.8 Å². The summed E-state index contributed by atoms with van der Waals surface area (Å²) in [5.74, 6) is 3.16. The first kappa shape index (κ1) is 25.8. The molecule has 5 nitrogen and oxygen atoms in total. The van der Waals surface area contributed by atoms with E-state index in [9.17, 15) is 9.90 Å². The summed E-state index contributed by atoms with van der Waals surface area (Å²) < 4.78 is 8.07. The summed E-state index contributed by atoms with van der Waals surface area (Å²) in [6, 6.07) is 7.96. The number of methoxy groups -OCH3 is 1. The normalized spacial score (nSPS) is 24.1. The lowest BCUT2D eigenvalue weighted by atomic mass is 9.54. The van der Waals surface area contributed by atoms with E-state index in [-0.39, 0.29) is 12.2 Å². The fraction of sp³-hybridized carbons (Fsp3) is 0.484. The van der Waals surface area contributed by atoms with Crippen molar-refractivity contribution in [1.29, 1.82) is 0 Å². The van der Waals surface area contributed by atoms with Gasteiger partial charge < -0.3 is 14.9 Å². The van der Waals surface area contributed by atoms with Crippen molar-refractivity contribution >= 4 is 35.5 Å². The second-order valence-electron chi connectivity index (χ2n) is 11.1. The molecule has 4 saturated carbocycles. The number of rotatable bonds is 10. The van der Waals surface area contributed by atoms with Gasteiger partial charge in [0.25, 0.3) is 0 Å². The van der Waals surface area contributed by atoms with Crippen LogP contribution in [0, 0.1) is 23.7 Å². The number of aryl methyl sites for hydroxylation is 1. The number of nitrogens with zero attached hydrogens (tertiary/aromatic N) is 1. The average Bonchev–Trinajstić information content (AvgIpc) is 2.87. The maximum atomic E-state index is 11.0. The third-order valence-electron chi connectivity index (χ3n) is 8.56. The maximum absolute atomic E-state index is 11.0. The zero-order valence-corrected chi connectivity index (χ0v) is 22.3. The van der Waals surface area contributed by atoms with Gasteiger partial charge in [-0.1, -0.05) is 29.8 Å². The molecule has 1 aromatic heterocycles. The summed E-state index contributed by atoms with van der Waals surface area (Å²) >= 11 is 6.74. The smallest absolute Gasteiger partial charge is 0.303 e. The van der Waals surface area contributed by atoms with Crippen LogP contribution in [0.2, 0.25) is 5.02 Å². The van der Waals surface area contributed by atoms with Crippen molar-refractivity contribution in [3.8, 4) is 5.75 Å². The molecule has 4 bridgehead atoms. The average molecular weight is 523 g/mol. The molecule has 0 radical (unpaired) electrons. The Bertz CT molecular complexity index is 1170. The van der Waals surface area contributed by atoms with Gasteiger partial charge in [-0.3, -0.25) is 4.79 Å². The van der Waals surface area contributed by atoms with E-state index >= 15 is 0 Å². The molecule has 1 aromatic carbocycles. The minimum Gasteiger partial charge on any atom is -0.506 e. The van der Waals surface area contributed by atoms with E-state index in [0.717, 1.165) is 48.1 Å². The molecule has 0 saturated heterocycles. The summed E-state index contributed by atoms with van der Waals surface area (Å²) in [6.45, 7) is 0.863. The van der Waals surface area contributed by atoms with E-state index in [0.29, 0.717) is 28.8 Å². The number of aliphatic carboxylic acids is 1. The SMILES string of the molecule is COC(=C1C2CC3CC(C2)CC1C3)c1ccc(/C=C/c2cc[n+](CCCCCC(=O)O)cc2)c(O)c1Cl. The molecule has 0 amide bonds. The molecule has 0 spiro atoms. The molecule has 37 heavy (non-hydrogen) atoms. The second-order valence-corrected chi connectivity index (χ2v) is 11.4. The number of carbonyl (C=O) groups is 1. The number of pyridine rings is 1. The highest BCUT2D eigenvalue weighted by Gasteiger charge is 2.47. The van der Waals surface area contributed by atoms with Crippen molar-refractivity contribution in [3.63, 3.8) is 0 Å². The molecule has 0 unspecified atom stereocenters. The molecule has 6 heteroatoms. The number of aromatic hydroxyl groups is 1. The Hall–Kier alpha value is -2.79. The first-order valence-corrected chi connectivity index (χ1v) is 14.0. The van der Waals surface area contributed by atoms with Crippen LogP contribution >= 0.6 is 11.6 Å². The monoisotopic (exact) mass is 522 g/mol. The third-order valence-corrected chi connectivity index (χ3v) is 8.94. The number of carboxylic acids is 1. The Kier molecular flexibility index (Phi) is 7.89. The first-order valence-electron chi connectivity index (χ1n) is 13.6. The minimum atomic E-state index is -0.732. The van der Waals surface area contributed by atoms with Crippen molar-refractivity contribution < 1.29 is 24.3 Å². The lowest BCUT2D eigenvalue weighted by molar-refractivity contribution is -0.697. The van der Waals surface area contributed by atoms with Crippen LogP contribution in [0.1, 0.15) is 74.5 Å². The summed E-state index contributed by atoms with van der Waals surface area (Å²) in [5.41, 5.74) is 3.92. The molecule has 196 valence electrons. The highest BCUT2D eigenvalue weighted by Crippen LogP contribution is 2.58. The number of phenols is 1. The van der Waals surface area contributed by atoms with Crippen molar-refractivity contribution in [1.82, 2.24) is 0 Å². The van der Waals surface area contributed by atoms with Gasteiger partial charge in [-0.05, 0) is 85.8 Å². The van der Waals surface area contributed by atoms with Gasteiger partial charge in [0.15, 0.2) is 12.4 Å². The van der Waals surface area contributed by atoms with Crippen molar-refractivity contribution in [2.45, 2.75) is 64.3 Å². The van der Waals surface area contributed by atoms with E-state index < -0.39 is 5.97 Å². The molecule has 4 aliphatic rings. The van der Waals surface area contributed by atoms with Crippen molar-refractivity contribution in [3.05, 3.63) is 63.9 Å². The van der Waals surface area contributed by atoms with Crippen LogP contribution in [-0.4, -0.2) is 23.3 Å². The van der Waals surface area contributed by atoms with Gasteiger partial charge in [0, 0.05) is 36.1 Å². The highest BCUT2D eigenvalue weighted by molar-refractivity contribution is 6.34.